The number of hydrogen-bond acceptors (Lipinski definition) is 4. The van der Waals surface area contributed by atoms with Gasteiger partial charge in [-0.3, -0.25) is 0 Å². The Kier molecular flexibility index (Phi) is 6.28. The van der Waals surface area contributed by atoms with E-state index in [1.54, 1.807) is 0 Å². The fraction of sp³-hybridized carbons (Fsp3) is 1.00. The van der Waals surface area contributed by atoms with Gasteiger partial charge in [0.15, 0.2) is 0 Å². The molecule has 0 radical (unpaired) electrons. The zero-order valence-electron chi connectivity index (χ0n) is 10.9. The van der Waals surface area contributed by atoms with E-state index < -0.39 is 0 Å². The number of hydrogen-bond donors (Lipinski definition) is 2. The van der Waals surface area contributed by atoms with Crippen LogP contribution in [0, 0.1) is 0 Å². The molecular weight excluding hydrogens is 202 g/mol. The molecule has 4 heteroatoms. The molecule has 1 heterocycles. The van der Waals surface area contributed by atoms with E-state index in [0.717, 1.165) is 13.1 Å². The average molecular weight is 229 g/mol. The minimum Gasteiger partial charge on any atom is -0.390 e. The number of likely N-dealkylation sites (tertiary alicyclic amines) is 1. The van der Waals surface area contributed by atoms with E-state index in [9.17, 15) is 5.11 Å². The number of likely N-dealkylation sites (N-methyl/N-ethyl adjacent to an activating group) is 2. The molecule has 0 amide bonds. The Morgan fingerprint density at radius 3 is 2.81 bits per heavy atom. The molecule has 16 heavy (non-hydrogen) atoms. The Morgan fingerprint density at radius 1 is 1.44 bits per heavy atom. The number of aliphatic hydroxyl groups is 1. The van der Waals surface area contributed by atoms with Crippen LogP contribution in [0.4, 0.5) is 0 Å². The number of aliphatic hydroxyl groups excluding tert-OH is 1. The first-order valence-corrected chi connectivity index (χ1v) is 6.33. The van der Waals surface area contributed by atoms with Crippen LogP contribution in [0.25, 0.3) is 0 Å². The first kappa shape index (κ1) is 13.9. The number of rotatable bonds is 6. The standard InChI is InChI=1S/C12H27N3O/c1-14(2)10-12(16)9-13-8-11-6-4-5-7-15(11)3/h11-13,16H,4-10H2,1-3H3. The summed E-state index contributed by atoms with van der Waals surface area (Å²) < 4.78 is 0. The molecule has 1 aliphatic heterocycles. The lowest BCUT2D eigenvalue weighted by atomic mass is 10.0. The van der Waals surface area contributed by atoms with Gasteiger partial charge in [-0.15, -0.1) is 0 Å². The average Bonchev–Trinajstić information content (AvgIpc) is 2.19. The van der Waals surface area contributed by atoms with Gasteiger partial charge in [-0.1, -0.05) is 6.42 Å². The van der Waals surface area contributed by atoms with Crippen molar-refractivity contribution in [1.29, 1.82) is 0 Å². The van der Waals surface area contributed by atoms with E-state index in [1.165, 1.54) is 25.8 Å². The van der Waals surface area contributed by atoms with Crippen molar-refractivity contribution in [3.8, 4) is 0 Å². The van der Waals surface area contributed by atoms with E-state index in [4.69, 9.17) is 0 Å². The van der Waals surface area contributed by atoms with Crippen LogP contribution >= 0.6 is 0 Å². The molecule has 1 rings (SSSR count). The second kappa shape index (κ2) is 7.22. The van der Waals surface area contributed by atoms with E-state index in [0.29, 0.717) is 12.6 Å². The topological polar surface area (TPSA) is 38.7 Å². The summed E-state index contributed by atoms with van der Waals surface area (Å²) >= 11 is 0. The highest BCUT2D eigenvalue weighted by atomic mass is 16.3. The van der Waals surface area contributed by atoms with E-state index in [2.05, 4.69) is 17.3 Å². The minimum atomic E-state index is -0.260. The van der Waals surface area contributed by atoms with Gasteiger partial charge in [-0.25, -0.2) is 0 Å². The molecule has 1 aliphatic rings. The molecule has 0 spiro atoms. The molecule has 2 unspecified atom stereocenters. The highest BCUT2D eigenvalue weighted by molar-refractivity contribution is 4.76. The zero-order valence-corrected chi connectivity index (χ0v) is 10.9. The third-order valence-electron chi connectivity index (χ3n) is 3.26. The van der Waals surface area contributed by atoms with Crippen molar-refractivity contribution in [1.82, 2.24) is 15.1 Å². The Balaban J connectivity index is 2.09. The highest BCUT2D eigenvalue weighted by Gasteiger charge is 2.18. The monoisotopic (exact) mass is 229 g/mol. The maximum Gasteiger partial charge on any atom is 0.0791 e. The smallest absolute Gasteiger partial charge is 0.0791 e. The predicted molar refractivity (Wildman–Crippen MR) is 67.7 cm³/mol. The highest BCUT2D eigenvalue weighted by Crippen LogP contribution is 2.13. The van der Waals surface area contributed by atoms with Gasteiger partial charge in [-0.05, 0) is 40.5 Å². The summed E-state index contributed by atoms with van der Waals surface area (Å²) in [7, 11) is 6.16. The second-order valence-electron chi connectivity index (χ2n) is 5.20. The largest absolute Gasteiger partial charge is 0.390 e. The lowest BCUT2D eigenvalue weighted by Crippen LogP contribution is -2.45. The molecule has 0 aromatic heterocycles. The van der Waals surface area contributed by atoms with Gasteiger partial charge in [0.2, 0.25) is 0 Å². The summed E-state index contributed by atoms with van der Waals surface area (Å²) in [5.41, 5.74) is 0. The molecule has 1 saturated heterocycles. The first-order valence-electron chi connectivity index (χ1n) is 6.33. The minimum absolute atomic E-state index is 0.260. The molecule has 0 aromatic rings. The fourth-order valence-corrected chi connectivity index (χ4v) is 2.30. The van der Waals surface area contributed by atoms with Crippen molar-refractivity contribution < 1.29 is 5.11 Å². The summed E-state index contributed by atoms with van der Waals surface area (Å²) in [5.74, 6) is 0. The van der Waals surface area contributed by atoms with Crippen molar-refractivity contribution in [2.24, 2.45) is 0 Å². The van der Waals surface area contributed by atoms with Crippen LogP contribution in [-0.4, -0.2) is 74.4 Å². The van der Waals surface area contributed by atoms with Crippen molar-refractivity contribution in [3.05, 3.63) is 0 Å². The van der Waals surface area contributed by atoms with Crippen LogP contribution in [0.1, 0.15) is 19.3 Å². The van der Waals surface area contributed by atoms with Crippen molar-refractivity contribution in [2.45, 2.75) is 31.4 Å². The van der Waals surface area contributed by atoms with Crippen molar-refractivity contribution in [3.63, 3.8) is 0 Å². The van der Waals surface area contributed by atoms with Crippen LogP contribution in [0.15, 0.2) is 0 Å². The summed E-state index contributed by atoms with van der Waals surface area (Å²) in [6.45, 7) is 3.64. The molecule has 0 aromatic carbocycles. The maximum absolute atomic E-state index is 9.70. The molecule has 0 bridgehead atoms. The fourth-order valence-electron chi connectivity index (χ4n) is 2.30. The van der Waals surface area contributed by atoms with Gasteiger partial charge in [0.25, 0.3) is 0 Å². The summed E-state index contributed by atoms with van der Waals surface area (Å²) in [5, 5.41) is 13.1. The van der Waals surface area contributed by atoms with Crippen LogP contribution < -0.4 is 5.32 Å². The van der Waals surface area contributed by atoms with Crippen LogP contribution in [0.3, 0.4) is 0 Å². The zero-order chi connectivity index (χ0) is 12.0. The molecule has 96 valence electrons. The van der Waals surface area contributed by atoms with E-state index in [1.807, 2.05) is 19.0 Å². The van der Waals surface area contributed by atoms with Gasteiger partial charge in [0.1, 0.15) is 0 Å². The third-order valence-corrected chi connectivity index (χ3v) is 3.26. The number of piperidine rings is 1. The number of nitrogens with one attached hydrogen (secondary N) is 1. The van der Waals surface area contributed by atoms with Gasteiger partial charge >= 0.3 is 0 Å². The van der Waals surface area contributed by atoms with E-state index in [-0.39, 0.29) is 6.10 Å². The van der Waals surface area contributed by atoms with Gasteiger partial charge in [-0.2, -0.15) is 0 Å². The third kappa shape index (κ3) is 5.25. The van der Waals surface area contributed by atoms with Crippen LogP contribution in [0.2, 0.25) is 0 Å². The molecular formula is C12H27N3O. The van der Waals surface area contributed by atoms with Crippen LogP contribution in [-0.2, 0) is 0 Å². The Morgan fingerprint density at radius 2 is 2.19 bits per heavy atom. The van der Waals surface area contributed by atoms with E-state index >= 15 is 0 Å². The Labute approximate surface area is 99.6 Å². The Bertz CT molecular complexity index is 187. The second-order valence-corrected chi connectivity index (χ2v) is 5.20. The lowest BCUT2D eigenvalue weighted by Gasteiger charge is -2.32. The molecule has 0 aliphatic carbocycles. The van der Waals surface area contributed by atoms with Crippen molar-refractivity contribution in [2.75, 3.05) is 47.3 Å². The number of nitrogens with zero attached hydrogens (tertiary/aromatic N) is 2. The maximum atomic E-state index is 9.70. The van der Waals surface area contributed by atoms with Gasteiger partial charge in [0.05, 0.1) is 6.10 Å². The lowest BCUT2D eigenvalue weighted by molar-refractivity contribution is 0.126. The molecule has 0 saturated carbocycles. The van der Waals surface area contributed by atoms with Crippen molar-refractivity contribution >= 4 is 0 Å². The molecule has 1 fully saturated rings. The van der Waals surface area contributed by atoms with Crippen LogP contribution in [0.5, 0.6) is 0 Å². The quantitative estimate of drug-likeness (QED) is 0.671. The Hall–Kier alpha value is -0.160. The van der Waals surface area contributed by atoms with Gasteiger partial charge in [0, 0.05) is 25.7 Å². The summed E-state index contributed by atoms with van der Waals surface area (Å²) in [6, 6.07) is 0.653. The predicted octanol–water partition coefficient (Wildman–Crippen LogP) is -0.0172. The molecule has 2 N–H and O–H groups in total. The molecule has 2 atom stereocenters. The summed E-state index contributed by atoms with van der Waals surface area (Å²) in [4.78, 5) is 4.44. The normalized spacial score (nSPS) is 24.9. The SMILES string of the molecule is CN(C)CC(O)CNCC1CCCCN1C. The van der Waals surface area contributed by atoms with Gasteiger partial charge < -0.3 is 20.2 Å². The molecule has 4 nitrogen and oxygen atoms in total. The summed E-state index contributed by atoms with van der Waals surface area (Å²) in [6.07, 6.45) is 3.70. The first-order chi connectivity index (χ1) is 7.59.